The van der Waals surface area contributed by atoms with E-state index in [0.717, 1.165) is 43.1 Å². The highest BCUT2D eigenvalue weighted by atomic mass is 19.4. The number of alkyl halides is 3. The molecule has 192 valence electrons. The van der Waals surface area contributed by atoms with E-state index in [9.17, 15) is 18.0 Å². The van der Waals surface area contributed by atoms with Gasteiger partial charge in [0.05, 0.1) is 11.0 Å². The lowest BCUT2D eigenvalue weighted by atomic mass is 9.70. The minimum Gasteiger partial charge on any atom is -0.406 e. The van der Waals surface area contributed by atoms with Crippen molar-refractivity contribution in [3.05, 3.63) is 42.5 Å². The first-order valence-electron chi connectivity index (χ1n) is 12.4. The van der Waals surface area contributed by atoms with Crippen molar-refractivity contribution < 1.29 is 22.7 Å². The molecule has 9 heteroatoms. The summed E-state index contributed by atoms with van der Waals surface area (Å²) in [7, 11) is 0. The Balaban J connectivity index is 1.49. The molecular weight excluding hydrogens is 469 g/mol. The van der Waals surface area contributed by atoms with Gasteiger partial charge in [0.2, 0.25) is 11.9 Å². The van der Waals surface area contributed by atoms with Crippen molar-refractivity contribution in [2.75, 3.05) is 10.6 Å². The second-order valence-corrected chi connectivity index (χ2v) is 11.0. The molecule has 2 unspecified atom stereocenters. The minimum atomic E-state index is -4.74. The number of halogens is 3. The number of carbonyl (C=O) groups is 1. The number of hydrogen-bond donors (Lipinski definition) is 2. The number of imidazole rings is 1. The maximum atomic E-state index is 12.5. The molecule has 5 rings (SSSR count). The molecule has 2 fully saturated rings. The number of nitrogens with zero attached hydrogens (tertiary/aromatic N) is 2. The third-order valence-electron chi connectivity index (χ3n) is 6.98. The normalized spacial score (nSPS) is 21.8. The molecule has 0 saturated heterocycles. The van der Waals surface area contributed by atoms with Gasteiger partial charge in [0.15, 0.2) is 0 Å². The molecule has 2 atom stereocenters. The molecule has 0 spiro atoms. The number of hydrogen-bond acceptors (Lipinski definition) is 4. The Morgan fingerprint density at radius 1 is 1.08 bits per heavy atom. The molecule has 2 saturated carbocycles. The molecular formula is C27H31F3N4O2. The van der Waals surface area contributed by atoms with Gasteiger partial charge in [0.1, 0.15) is 5.75 Å². The summed E-state index contributed by atoms with van der Waals surface area (Å²) in [6, 6.07) is 11.6. The molecule has 0 radical (unpaired) electrons. The fourth-order valence-corrected chi connectivity index (χ4v) is 5.59. The topological polar surface area (TPSA) is 68.2 Å². The molecule has 2 aromatic carbocycles. The molecule has 36 heavy (non-hydrogen) atoms. The summed E-state index contributed by atoms with van der Waals surface area (Å²) in [5, 5.41) is 6.29. The summed E-state index contributed by atoms with van der Waals surface area (Å²) < 4.78 is 43.8. The van der Waals surface area contributed by atoms with Crippen molar-refractivity contribution in [3.8, 4) is 5.75 Å². The number of rotatable bonds is 6. The highest BCUT2D eigenvalue weighted by Gasteiger charge is 2.35. The van der Waals surface area contributed by atoms with Crippen molar-refractivity contribution >= 4 is 34.3 Å². The zero-order valence-corrected chi connectivity index (χ0v) is 20.7. The van der Waals surface area contributed by atoms with Gasteiger partial charge in [-0.2, -0.15) is 0 Å². The van der Waals surface area contributed by atoms with E-state index < -0.39 is 6.36 Å². The van der Waals surface area contributed by atoms with Crippen LogP contribution < -0.4 is 15.4 Å². The fourth-order valence-electron chi connectivity index (χ4n) is 5.59. The Labute approximate surface area is 208 Å². The lowest BCUT2D eigenvalue weighted by molar-refractivity contribution is -0.274. The van der Waals surface area contributed by atoms with E-state index in [1.165, 1.54) is 12.1 Å². The van der Waals surface area contributed by atoms with Gasteiger partial charge >= 0.3 is 6.36 Å². The summed E-state index contributed by atoms with van der Waals surface area (Å²) in [5.74, 6) is 1.03. The second kappa shape index (κ2) is 9.01. The monoisotopic (exact) mass is 500 g/mol. The molecule has 1 amide bonds. The number of aromatic nitrogens is 2. The van der Waals surface area contributed by atoms with Crippen LogP contribution in [0.1, 0.15) is 58.9 Å². The summed E-state index contributed by atoms with van der Waals surface area (Å²) in [5.41, 5.74) is 3.19. The molecule has 1 aromatic heterocycles. The van der Waals surface area contributed by atoms with Crippen molar-refractivity contribution in [2.45, 2.75) is 65.3 Å². The first-order chi connectivity index (χ1) is 17.0. The van der Waals surface area contributed by atoms with Gasteiger partial charge in [0, 0.05) is 23.3 Å². The number of fused-ring (bicyclic) bond motifs is 1. The van der Waals surface area contributed by atoms with E-state index >= 15 is 0 Å². The van der Waals surface area contributed by atoms with Gasteiger partial charge in [-0.05, 0) is 85.9 Å². The Hall–Kier alpha value is -3.23. The van der Waals surface area contributed by atoms with Crippen LogP contribution in [0, 0.1) is 17.3 Å². The second-order valence-electron chi connectivity index (χ2n) is 11.0. The van der Waals surface area contributed by atoms with E-state index in [-0.39, 0.29) is 29.0 Å². The fraction of sp³-hybridized carbons (Fsp3) is 0.481. The highest BCUT2D eigenvalue weighted by molar-refractivity contribution is 5.96. The predicted molar refractivity (Wildman–Crippen MR) is 133 cm³/mol. The Morgan fingerprint density at radius 3 is 2.42 bits per heavy atom. The maximum absolute atomic E-state index is 12.5. The molecule has 2 aliphatic carbocycles. The van der Waals surface area contributed by atoms with Gasteiger partial charge in [-0.3, -0.25) is 4.79 Å². The summed E-state index contributed by atoms with van der Waals surface area (Å²) in [4.78, 5) is 17.1. The number of nitrogens with one attached hydrogen (secondary N) is 2. The molecule has 1 heterocycles. The van der Waals surface area contributed by atoms with Crippen LogP contribution >= 0.6 is 0 Å². The van der Waals surface area contributed by atoms with Gasteiger partial charge in [0.25, 0.3) is 0 Å². The zero-order valence-electron chi connectivity index (χ0n) is 20.7. The average molecular weight is 501 g/mol. The Kier molecular flexibility index (Phi) is 6.12. The molecule has 3 aromatic rings. The standard InChI is InChI=1S/C27H31F3N4O2/c1-16-12-20(15-26(2,3)14-16)34-23-11-8-19(31-24(35)17-4-5-17)13-22(23)33-25(34)32-18-6-9-21(10-7-18)36-27(28,29)30/h6-11,13,16-17,20H,4-5,12,14-15H2,1-3H3,(H,31,35)(H,32,33). The SMILES string of the molecule is CC1CC(n2c(Nc3ccc(OC(F)(F)F)cc3)nc3cc(NC(=O)C4CC4)ccc32)CC(C)(C)C1. The third kappa shape index (κ3) is 5.60. The zero-order chi connectivity index (χ0) is 25.7. The van der Waals surface area contributed by atoms with Gasteiger partial charge < -0.3 is 19.9 Å². The van der Waals surface area contributed by atoms with Crippen molar-refractivity contribution in [1.29, 1.82) is 0 Å². The van der Waals surface area contributed by atoms with Gasteiger partial charge in [-0.25, -0.2) is 4.98 Å². The molecule has 0 bridgehead atoms. The molecule has 0 aliphatic heterocycles. The van der Waals surface area contributed by atoms with Crippen LogP contribution in [0.3, 0.4) is 0 Å². The summed E-state index contributed by atoms with van der Waals surface area (Å²) in [6.07, 6.45) is 0.257. The lowest BCUT2D eigenvalue weighted by Gasteiger charge is -2.40. The highest BCUT2D eigenvalue weighted by Crippen LogP contribution is 2.46. The number of benzene rings is 2. The lowest BCUT2D eigenvalue weighted by Crippen LogP contribution is -2.29. The van der Waals surface area contributed by atoms with Crippen LogP contribution in [0.4, 0.5) is 30.5 Å². The Bertz CT molecular complexity index is 1260. The molecule has 2 aliphatic rings. The number of amides is 1. The van der Waals surface area contributed by atoms with Crippen LogP contribution in [0.25, 0.3) is 11.0 Å². The first-order valence-corrected chi connectivity index (χ1v) is 12.4. The van der Waals surface area contributed by atoms with E-state index in [1.807, 2.05) is 18.2 Å². The Morgan fingerprint density at radius 2 is 1.78 bits per heavy atom. The third-order valence-corrected chi connectivity index (χ3v) is 6.98. The quantitative estimate of drug-likeness (QED) is 0.370. The van der Waals surface area contributed by atoms with Crippen LogP contribution in [0.2, 0.25) is 0 Å². The first kappa shape index (κ1) is 24.5. The largest absolute Gasteiger partial charge is 0.573 e. The van der Waals surface area contributed by atoms with Crippen LogP contribution in [0.5, 0.6) is 5.75 Å². The van der Waals surface area contributed by atoms with E-state index in [0.29, 0.717) is 23.2 Å². The smallest absolute Gasteiger partial charge is 0.406 e. The van der Waals surface area contributed by atoms with E-state index in [4.69, 9.17) is 4.98 Å². The minimum absolute atomic E-state index is 0.0381. The number of anilines is 3. The average Bonchev–Trinajstić information content (AvgIpc) is 3.54. The molecule has 6 nitrogen and oxygen atoms in total. The van der Waals surface area contributed by atoms with Crippen LogP contribution in [-0.2, 0) is 4.79 Å². The summed E-state index contributed by atoms with van der Waals surface area (Å²) in [6.45, 7) is 6.84. The number of carbonyl (C=O) groups excluding carboxylic acids is 1. The van der Waals surface area contributed by atoms with Crippen molar-refractivity contribution in [3.63, 3.8) is 0 Å². The van der Waals surface area contributed by atoms with Crippen LogP contribution in [0.15, 0.2) is 42.5 Å². The van der Waals surface area contributed by atoms with Crippen molar-refractivity contribution in [1.82, 2.24) is 9.55 Å². The van der Waals surface area contributed by atoms with E-state index in [1.54, 1.807) is 12.1 Å². The summed E-state index contributed by atoms with van der Waals surface area (Å²) >= 11 is 0. The molecule has 2 N–H and O–H groups in total. The van der Waals surface area contributed by atoms with E-state index in [2.05, 4.69) is 40.7 Å². The number of ether oxygens (including phenoxy) is 1. The van der Waals surface area contributed by atoms with Crippen LogP contribution in [-0.4, -0.2) is 21.8 Å². The maximum Gasteiger partial charge on any atom is 0.573 e. The van der Waals surface area contributed by atoms with Crippen molar-refractivity contribution in [2.24, 2.45) is 17.3 Å². The predicted octanol–water partition coefficient (Wildman–Crippen LogP) is 7.41. The van der Waals surface area contributed by atoms with Gasteiger partial charge in [-0.15, -0.1) is 13.2 Å². The van der Waals surface area contributed by atoms with Gasteiger partial charge in [-0.1, -0.05) is 20.8 Å².